The first-order valence-electron chi connectivity index (χ1n) is 11.4. The molecule has 0 bridgehead atoms. The highest BCUT2D eigenvalue weighted by atomic mass is 35.5. The quantitative estimate of drug-likeness (QED) is 0.302. The van der Waals surface area contributed by atoms with E-state index in [1.54, 1.807) is 36.4 Å². The summed E-state index contributed by atoms with van der Waals surface area (Å²) in [6, 6.07) is 11.1. The SMILES string of the molecule is CCCOc1ccc(C2C(=C(O)c3ccc(Cl)cc3)C(=O)C(=O)N2CCN(C)C)cc1OCC. The van der Waals surface area contributed by atoms with Gasteiger partial charge in [-0.05, 0) is 69.4 Å². The second-order valence-corrected chi connectivity index (χ2v) is 8.73. The number of aliphatic hydroxyl groups excluding tert-OH is 1. The first-order valence-corrected chi connectivity index (χ1v) is 11.7. The molecular formula is C26H31ClN2O5. The average Bonchev–Trinajstić information content (AvgIpc) is 3.07. The number of benzene rings is 2. The Kier molecular flexibility index (Phi) is 8.58. The number of hydrogen-bond donors (Lipinski definition) is 1. The van der Waals surface area contributed by atoms with Crippen molar-refractivity contribution in [2.75, 3.05) is 40.4 Å². The number of carbonyl (C=O) groups is 2. The van der Waals surface area contributed by atoms with Crippen LogP contribution in [-0.2, 0) is 9.59 Å². The monoisotopic (exact) mass is 486 g/mol. The van der Waals surface area contributed by atoms with E-state index in [0.29, 0.717) is 54.0 Å². The van der Waals surface area contributed by atoms with Gasteiger partial charge in [-0.1, -0.05) is 24.6 Å². The van der Waals surface area contributed by atoms with E-state index in [1.807, 2.05) is 38.9 Å². The largest absolute Gasteiger partial charge is 0.507 e. The summed E-state index contributed by atoms with van der Waals surface area (Å²) < 4.78 is 11.6. The van der Waals surface area contributed by atoms with E-state index < -0.39 is 17.7 Å². The molecule has 0 radical (unpaired) electrons. The Bertz CT molecular complexity index is 1070. The molecule has 2 aromatic rings. The number of likely N-dealkylation sites (tertiary alicyclic amines) is 1. The van der Waals surface area contributed by atoms with Gasteiger partial charge in [-0.25, -0.2) is 0 Å². The number of nitrogens with zero attached hydrogens (tertiary/aromatic N) is 2. The van der Waals surface area contributed by atoms with Gasteiger partial charge in [-0.2, -0.15) is 0 Å². The topological polar surface area (TPSA) is 79.3 Å². The standard InChI is InChI=1S/C26H31ClN2O5/c1-5-15-34-20-12-9-18(16-21(20)33-6-2)23-22(24(30)17-7-10-19(27)11-8-17)25(31)26(32)29(23)14-13-28(3)4/h7-12,16,23,30H,5-6,13-15H2,1-4H3. The van der Waals surface area contributed by atoms with Crippen molar-refractivity contribution in [2.24, 2.45) is 0 Å². The van der Waals surface area contributed by atoms with Gasteiger partial charge >= 0.3 is 0 Å². The molecule has 0 aliphatic carbocycles. The van der Waals surface area contributed by atoms with E-state index in [2.05, 4.69) is 0 Å². The van der Waals surface area contributed by atoms with Crippen LogP contribution in [0.5, 0.6) is 11.5 Å². The van der Waals surface area contributed by atoms with Gasteiger partial charge in [0.05, 0.1) is 24.8 Å². The molecule has 1 aliphatic rings. The second-order valence-electron chi connectivity index (χ2n) is 8.29. The molecule has 1 heterocycles. The van der Waals surface area contributed by atoms with Crippen molar-refractivity contribution < 1.29 is 24.2 Å². The molecule has 34 heavy (non-hydrogen) atoms. The van der Waals surface area contributed by atoms with Crippen LogP contribution in [0.1, 0.15) is 37.4 Å². The number of likely N-dealkylation sites (N-methyl/N-ethyl adjacent to an activating group) is 1. The van der Waals surface area contributed by atoms with E-state index in [9.17, 15) is 14.7 Å². The maximum atomic E-state index is 13.1. The summed E-state index contributed by atoms with van der Waals surface area (Å²) >= 11 is 5.99. The molecule has 182 valence electrons. The minimum absolute atomic E-state index is 0.0377. The van der Waals surface area contributed by atoms with Gasteiger partial charge in [0.1, 0.15) is 5.76 Å². The predicted octanol–water partition coefficient (Wildman–Crippen LogP) is 4.51. The fraction of sp³-hybridized carbons (Fsp3) is 0.385. The minimum atomic E-state index is -0.768. The maximum Gasteiger partial charge on any atom is 0.295 e. The number of halogens is 1. The Labute approximate surface area is 205 Å². The Morgan fingerprint density at radius 2 is 1.76 bits per heavy atom. The molecule has 0 spiro atoms. The van der Waals surface area contributed by atoms with Crippen molar-refractivity contribution in [3.63, 3.8) is 0 Å². The molecule has 1 fully saturated rings. The molecule has 1 aliphatic heterocycles. The first-order chi connectivity index (χ1) is 16.3. The van der Waals surface area contributed by atoms with Crippen LogP contribution < -0.4 is 9.47 Å². The van der Waals surface area contributed by atoms with Crippen molar-refractivity contribution in [2.45, 2.75) is 26.3 Å². The summed E-state index contributed by atoms with van der Waals surface area (Å²) in [6.45, 7) is 5.73. The molecule has 1 atom stereocenters. The molecule has 7 nitrogen and oxygen atoms in total. The molecule has 0 saturated carbocycles. The highest BCUT2D eigenvalue weighted by Crippen LogP contribution is 2.42. The van der Waals surface area contributed by atoms with Gasteiger partial charge in [-0.3, -0.25) is 9.59 Å². The summed E-state index contributed by atoms with van der Waals surface area (Å²) in [7, 11) is 3.79. The molecule has 2 aromatic carbocycles. The molecule has 1 unspecified atom stereocenters. The zero-order valence-corrected chi connectivity index (χ0v) is 20.8. The minimum Gasteiger partial charge on any atom is -0.507 e. The van der Waals surface area contributed by atoms with Crippen LogP contribution in [0.2, 0.25) is 5.02 Å². The third-order valence-corrected chi connectivity index (χ3v) is 5.74. The zero-order valence-electron chi connectivity index (χ0n) is 20.0. The normalized spacial score (nSPS) is 17.5. The lowest BCUT2D eigenvalue weighted by Crippen LogP contribution is -2.35. The Balaban J connectivity index is 2.15. The van der Waals surface area contributed by atoms with Crippen molar-refractivity contribution in [3.8, 4) is 11.5 Å². The number of rotatable bonds is 10. The Hall–Kier alpha value is -3.03. The predicted molar refractivity (Wildman–Crippen MR) is 132 cm³/mol. The number of ether oxygens (including phenoxy) is 2. The number of ketones is 1. The van der Waals surface area contributed by atoms with Gasteiger partial charge < -0.3 is 24.4 Å². The molecular weight excluding hydrogens is 456 g/mol. The lowest BCUT2D eigenvalue weighted by atomic mass is 9.95. The number of aliphatic hydroxyl groups is 1. The van der Waals surface area contributed by atoms with Crippen LogP contribution in [-0.4, -0.2) is 67.0 Å². The number of hydrogen-bond acceptors (Lipinski definition) is 6. The molecule has 1 amide bonds. The van der Waals surface area contributed by atoms with Crippen molar-refractivity contribution in [1.29, 1.82) is 0 Å². The van der Waals surface area contributed by atoms with E-state index >= 15 is 0 Å². The summed E-state index contributed by atoms with van der Waals surface area (Å²) in [5.41, 5.74) is 1.10. The van der Waals surface area contributed by atoms with Gasteiger partial charge in [0.25, 0.3) is 11.7 Å². The third kappa shape index (κ3) is 5.54. The van der Waals surface area contributed by atoms with Gasteiger partial charge in [0.15, 0.2) is 11.5 Å². The van der Waals surface area contributed by atoms with Gasteiger partial charge in [-0.15, -0.1) is 0 Å². The van der Waals surface area contributed by atoms with Crippen LogP contribution in [0.15, 0.2) is 48.0 Å². The fourth-order valence-corrected chi connectivity index (χ4v) is 3.95. The summed E-state index contributed by atoms with van der Waals surface area (Å²) in [4.78, 5) is 29.6. The molecule has 3 rings (SSSR count). The smallest absolute Gasteiger partial charge is 0.295 e. The Morgan fingerprint density at radius 3 is 2.38 bits per heavy atom. The van der Waals surface area contributed by atoms with Crippen molar-refractivity contribution in [3.05, 3.63) is 64.2 Å². The van der Waals surface area contributed by atoms with Crippen molar-refractivity contribution >= 4 is 29.1 Å². The van der Waals surface area contributed by atoms with Crippen molar-refractivity contribution in [1.82, 2.24) is 9.80 Å². The number of Topliss-reactive ketones (excluding diaryl/α,β-unsaturated/α-hetero) is 1. The molecule has 1 saturated heterocycles. The molecule has 1 N–H and O–H groups in total. The summed E-state index contributed by atoms with van der Waals surface area (Å²) in [6.07, 6.45) is 0.846. The van der Waals surface area contributed by atoms with Crippen LogP contribution >= 0.6 is 11.6 Å². The van der Waals surface area contributed by atoms with E-state index in [1.165, 1.54) is 4.90 Å². The lowest BCUT2D eigenvalue weighted by molar-refractivity contribution is -0.140. The summed E-state index contributed by atoms with van der Waals surface area (Å²) in [5.74, 6) is -0.489. The van der Waals surface area contributed by atoms with Gasteiger partial charge in [0.2, 0.25) is 0 Å². The van der Waals surface area contributed by atoms with Gasteiger partial charge in [0, 0.05) is 23.7 Å². The number of carbonyl (C=O) groups excluding carboxylic acids is 2. The van der Waals surface area contributed by atoms with Crippen LogP contribution in [0.3, 0.4) is 0 Å². The van der Waals surface area contributed by atoms with Crippen LogP contribution in [0.25, 0.3) is 5.76 Å². The third-order valence-electron chi connectivity index (χ3n) is 5.49. The van der Waals surface area contributed by atoms with Crippen LogP contribution in [0.4, 0.5) is 0 Å². The lowest BCUT2D eigenvalue weighted by Gasteiger charge is -2.27. The average molecular weight is 487 g/mol. The van der Waals surface area contributed by atoms with E-state index in [-0.39, 0.29) is 11.3 Å². The second kappa shape index (κ2) is 11.4. The van der Waals surface area contributed by atoms with E-state index in [4.69, 9.17) is 21.1 Å². The molecule has 0 aromatic heterocycles. The maximum absolute atomic E-state index is 13.1. The number of amides is 1. The Morgan fingerprint density at radius 1 is 1.06 bits per heavy atom. The highest BCUT2D eigenvalue weighted by molar-refractivity contribution is 6.46. The van der Waals surface area contributed by atoms with E-state index in [0.717, 1.165) is 6.42 Å². The zero-order chi connectivity index (χ0) is 24.8. The fourth-order valence-electron chi connectivity index (χ4n) is 3.82. The summed E-state index contributed by atoms with van der Waals surface area (Å²) in [5, 5.41) is 11.6. The molecule has 8 heteroatoms. The first kappa shape index (κ1) is 25.6. The highest BCUT2D eigenvalue weighted by Gasteiger charge is 2.46. The van der Waals surface area contributed by atoms with Crippen LogP contribution in [0, 0.1) is 0 Å².